The van der Waals surface area contributed by atoms with E-state index in [1.165, 1.54) is 12.1 Å². The minimum atomic E-state index is -4.98. The second-order valence-electron chi connectivity index (χ2n) is 9.23. The largest absolute Gasteiger partial charge is 0.417 e. The van der Waals surface area contributed by atoms with E-state index in [0.29, 0.717) is 26.0 Å². The van der Waals surface area contributed by atoms with E-state index in [4.69, 9.17) is 10.5 Å². The molecule has 0 aliphatic heterocycles. The molecule has 220 valence electrons. The van der Waals surface area contributed by atoms with Crippen LogP contribution in [-0.4, -0.2) is 53.2 Å². The zero-order valence-electron chi connectivity index (χ0n) is 21.0. The summed E-state index contributed by atoms with van der Waals surface area (Å²) < 4.78 is 104. The maximum atomic E-state index is 13.2. The topological polar surface area (TPSA) is 180 Å². The van der Waals surface area contributed by atoms with Gasteiger partial charge in [-0.2, -0.15) is 36.9 Å². The van der Waals surface area contributed by atoms with Crippen LogP contribution in [0.15, 0.2) is 36.4 Å². The molecule has 2 aromatic rings. The van der Waals surface area contributed by atoms with E-state index in [2.05, 4.69) is 0 Å². The lowest BCUT2D eigenvalue weighted by molar-refractivity contribution is -0.138. The summed E-state index contributed by atoms with van der Waals surface area (Å²) in [7, 11) is -4.72. The molecule has 0 saturated heterocycles. The van der Waals surface area contributed by atoms with Gasteiger partial charge in [-0.15, -0.1) is 0 Å². The number of benzene rings is 2. The van der Waals surface area contributed by atoms with Gasteiger partial charge in [-0.05, 0) is 50.2 Å². The van der Waals surface area contributed by atoms with Crippen molar-refractivity contribution in [2.24, 2.45) is 0 Å². The van der Waals surface area contributed by atoms with E-state index in [9.17, 15) is 54.6 Å². The van der Waals surface area contributed by atoms with E-state index in [0.717, 1.165) is 24.3 Å². The van der Waals surface area contributed by atoms with E-state index < -0.39 is 90.3 Å². The molecule has 0 radical (unpaired) electrons. The third-order valence-corrected chi connectivity index (χ3v) is 7.39. The molecule has 2 atom stereocenters. The van der Waals surface area contributed by atoms with Gasteiger partial charge in [0.25, 0.3) is 11.8 Å². The molecule has 41 heavy (non-hydrogen) atoms. The van der Waals surface area contributed by atoms with Crippen LogP contribution in [0.25, 0.3) is 0 Å². The van der Waals surface area contributed by atoms with Crippen LogP contribution in [-0.2, 0) is 31.8 Å². The van der Waals surface area contributed by atoms with Crippen molar-refractivity contribution in [1.29, 1.82) is 10.5 Å². The van der Waals surface area contributed by atoms with Gasteiger partial charge >= 0.3 is 12.4 Å². The molecule has 10 nitrogen and oxygen atoms in total. The van der Waals surface area contributed by atoms with Crippen LogP contribution in [0.4, 0.5) is 37.7 Å². The van der Waals surface area contributed by atoms with Gasteiger partial charge in [-0.25, -0.2) is 8.42 Å². The van der Waals surface area contributed by atoms with Crippen molar-refractivity contribution in [2.75, 3.05) is 22.1 Å². The lowest BCUT2D eigenvalue weighted by atomic mass is 10.1. The van der Waals surface area contributed by atoms with Gasteiger partial charge in [0, 0.05) is 11.4 Å². The van der Waals surface area contributed by atoms with Crippen LogP contribution in [0.5, 0.6) is 0 Å². The molecule has 0 aliphatic carbocycles. The molecule has 4 N–H and O–H groups in total. The van der Waals surface area contributed by atoms with Crippen LogP contribution in [0, 0.1) is 22.7 Å². The maximum Gasteiger partial charge on any atom is 0.417 e. The van der Waals surface area contributed by atoms with Crippen molar-refractivity contribution in [3.05, 3.63) is 58.7 Å². The number of hydrogen-bond donors (Lipinski definition) is 4. The first kappa shape index (κ1) is 33.0. The molecule has 2 aromatic carbocycles. The van der Waals surface area contributed by atoms with Gasteiger partial charge in [0.2, 0.25) is 0 Å². The first-order valence-corrected chi connectivity index (χ1v) is 12.9. The Morgan fingerprint density at radius 1 is 0.756 bits per heavy atom. The van der Waals surface area contributed by atoms with Gasteiger partial charge in [0.05, 0.1) is 45.9 Å². The molecule has 0 spiro atoms. The number of hydrogen-bond acceptors (Lipinski definition) is 8. The number of nitrogens with zero attached hydrogens (tertiary/aromatic N) is 2. The van der Waals surface area contributed by atoms with Crippen molar-refractivity contribution in [3.8, 4) is 12.1 Å². The Balaban J connectivity index is 2.19. The van der Waals surface area contributed by atoms with Crippen molar-refractivity contribution < 1.29 is 54.6 Å². The van der Waals surface area contributed by atoms with E-state index in [1.807, 2.05) is 10.6 Å². The molecule has 2 rings (SSSR count). The van der Waals surface area contributed by atoms with E-state index in [-0.39, 0.29) is 0 Å². The minimum Gasteiger partial charge on any atom is -0.379 e. The summed E-state index contributed by atoms with van der Waals surface area (Å²) in [6.45, 7) is 1.39. The maximum absolute atomic E-state index is 13.2. The fourth-order valence-corrected chi connectivity index (χ4v) is 5.56. The summed E-state index contributed by atoms with van der Waals surface area (Å²) in [5, 5.41) is 42.4. The molecule has 0 aliphatic rings. The Labute approximate surface area is 228 Å². The molecule has 0 unspecified atom stereocenters. The quantitative estimate of drug-likeness (QED) is 0.331. The molecular formula is C24H20F6N4O6S. The minimum absolute atomic E-state index is 0.392. The zero-order valence-corrected chi connectivity index (χ0v) is 21.8. The third kappa shape index (κ3) is 8.40. The third-order valence-electron chi connectivity index (χ3n) is 5.39. The second kappa shape index (κ2) is 11.4. The predicted octanol–water partition coefficient (Wildman–Crippen LogP) is 2.96. The van der Waals surface area contributed by atoms with Gasteiger partial charge in [0.1, 0.15) is 0 Å². The number of nitriles is 2. The summed E-state index contributed by atoms with van der Waals surface area (Å²) >= 11 is 0. The average molecular weight is 607 g/mol. The highest BCUT2D eigenvalue weighted by molar-refractivity contribution is 7.91. The number of carbonyl (C=O) groups excluding carboxylic acids is 2. The first-order chi connectivity index (χ1) is 18.5. The number of rotatable bonds is 8. The number of amides is 2. The highest BCUT2D eigenvalue weighted by atomic mass is 32.2. The Kier molecular flexibility index (Phi) is 9.15. The summed E-state index contributed by atoms with van der Waals surface area (Å²) in [6.07, 6.45) is -9.95. The monoisotopic (exact) mass is 606 g/mol. The van der Waals surface area contributed by atoms with Crippen LogP contribution >= 0.6 is 0 Å². The Morgan fingerprint density at radius 2 is 1.07 bits per heavy atom. The number of alkyl halides is 6. The molecule has 0 bridgehead atoms. The van der Waals surface area contributed by atoms with Crippen molar-refractivity contribution in [2.45, 2.75) is 37.4 Å². The van der Waals surface area contributed by atoms with Crippen molar-refractivity contribution >= 4 is 33.0 Å². The van der Waals surface area contributed by atoms with Gasteiger partial charge < -0.3 is 20.8 Å². The van der Waals surface area contributed by atoms with Crippen LogP contribution in [0.3, 0.4) is 0 Å². The van der Waals surface area contributed by atoms with Crippen molar-refractivity contribution in [1.82, 2.24) is 0 Å². The zero-order chi connectivity index (χ0) is 31.6. The number of sulfone groups is 1. The van der Waals surface area contributed by atoms with Crippen LogP contribution in [0.2, 0.25) is 0 Å². The normalized spacial score (nSPS) is 15.0. The number of carbonyl (C=O) groups is 2. The standard InChI is InChI=1S/C24H20F6N4O6S/c1-21(37,19(35)33-15-5-3-13(9-31)17(7-15)23(25,26)27)11-41(39,40)12-22(2,38)20(36)34-16-6-4-14(10-32)18(8-16)24(28,29)30/h3-8,37-38H,11-12H2,1-2H3,(H,33,35)(H,34,36)/t21-,22-/m1/s1. The number of nitrogens with one attached hydrogen (secondary N) is 2. The molecule has 0 fully saturated rings. The lowest BCUT2D eigenvalue weighted by Gasteiger charge is -2.26. The van der Waals surface area contributed by atoms with Gasteiger partial charge in [-0.3, -0.25) is 9.59 Å². The Bertz CT molecular complexity index is 1440. The second-order valence-corrected chi connectivity index (χ2v) is 11.3. The summed E-state index contributed by atoms with van der Waals surface area (Å²) in [5.74, 6) is -5.85. The summed E-state index contributed by atoms with van der Waals surface area (Å²) in [5.41, 5.74) is -11.0. The van der Waals surface area contributed by atoms with E-state index >= 15 is 0 Å². The Morgan fingerprint density at radius 3 is 1.34 bits per heavy atom. The highest BCUT2D eigenvalue weighted by Crippen LogP contribution is 2.35. The summed E-state index contributed by atoms with van der Waals surface area (Å²) in [4.78, 5) is 25.0. The highest BCUT2D eigenvalue weighted by Gasteiger charge is 2.42. The average Bonchev–Trinajstić information content (AvgIpc) is 2.81. The molecule has 2 amide bonds. The predicted molar refractivity (Wildman–Crippen MR) is 129 cm³/mol. The van der Waals surface area contributed by atoms with E-state index in [1.54, 1.807) is 0 Å². The van der Waals surface area contributed by atoms with Crippen LogP contribution < -0.4 is 10.6 Å². The van der Waals surface area contributed by atoms with Crippen molar-refractivity contribution in [3.63, 3.8) is 0 Å². The number of anilines is 2. The number of aliphatic hydroxyl groups is 2. The molecule has 0 aromatic heterocycles. The molecule has 0 saturated carbocycles. The first-order valence-electron chi connectivity index (χ1n) is 11.0. The summed E-state index contributed by atoms with van der Waals surface area (Å²) in [6, 6.07) is 6.72. The van der Waals surface area contributed by atoms with Gasteiger partial charge in [0.15, 0.2) is 21.0 Å². The molecular weight excluding hydrogens is 586 g/mol. The smallest absolute Gasteiger partial charge is 0.379 e. The van der Waals surface area contributed by atoms with Gasteiger partial charge in [-0.1, -0.05) is 0 Å². The fraction of sp³-hybridized carbons (Fsp3) is 0.333. The number of halogens is 6. The lowest BCUT2D eigenvalue weighted by Crippen LogP contribution is -2.51. The Hall–Kier alpha value is -4.19. The SMILES string of the molecule is C[C@@](O)(CS(=O)(=O)C[C@@](C)(O)C(=O)Nc1ccc(C#N)c(C(F)(F)F)c1)C(=O)Nc1ccc(C#N)c(C(F)(F)F)c1. The molecule has 17 heteroatoms. The van der Waals surface area contributed by atoms with Crippen LogP contribution in [0.1, 0.15) is 36.1 Å². The fourth-order valence-electron chi connectivity index (χ4n) is 3.48. The molecule has 0 heterocycles.